The first kappa shape index (κ1) is 16.6. The van der Waals surface area contributed by atoms with Gasteiger partial charge in [0.1, 0.15) is 11.4 Å². The third-order valence-electron chi connectivity index (χ3n) is 3.74. The number of esters is 1. The van der Waals surface area contributed by atoms with Gasteiger partial charge in [-0.2, -0.15) is 0 Å². The van der Waals surface area contributed by atoms with Crippen molar-refractivity contribution in [3.8, 4) is 5.75 Å². The molecular formula is C19H18N2O4. The Morgan fingerprint density at radius 3 is 2.68 bits per heavy atom. The van der Waals surface area contributed by atoms with Crippen LogP contribution in [0.1, 0.15) is 27.8 Å². The second-order valence-corrected chi connectivity index (χ2v) is 5.36. The molecule has 3 rings (SSSR count). The van der Waals surface area contributed by atoms with Crippen molar-refractivity contribution >= 4 is 28.5 Å². The highest BCUT2D eigenvalue weighted by Gasteiger charge is 2.16. The molecule has 0 spiro atoms. The van der Waals surface area contributed by atoms with Crippen molar-refractivity contribution in [2.24, 2.45) is 0 Å². The lowest BCUT2D eigenvalue weighted by Crippen LogP contribution is -2.16. The fraction of sp³-hybridized carbons (Fsp3) is 0.158. The molecule has 128 valence electrons. The van der Waals surface area contributed by atoms with Crippen LogP contribution in [0.4, 0.5) is 5.69 Å². The van der Waals surface area contributed by atoms with Crippen molar-refractivity contribution in [2.45, 2.75) is 6.92 Å². The lowest BCUT2D eigenvalue weighted by molar-refractivity contribution is 0.0527. The maximum Gasteiger partial charge on any atom is 0.340 e. The van der Waals surface area contributed by atoms with Gasteiger partial charge in [-0.15, -0.1) is 0 Å². The van der Waals surface area contributed by atoms with E-state index < -0.39 is 5.97 Å². The van der Waals surface area contributed by atoms with Crippen LogP contribution in [0.25, 0.3) is 10.9 Å². The molecule has 0 saturated heterocycles. The molecule has 6 nitrogen and oxygen atoms in total. The summed E-state index contributed by atoms with van der Waals surface area (Å²) in [5.74, 6) is -0.0992. The summed E-state index contributed by atoms with van der Waals surface area (Å²) in [6.45, 7) is 2.00. The molecule has 2 N–H and O–H groups in total. The zero-order valence-corrected chi connectivity index (χ0v) is 14.0. The van der Waals surface area contributed by atoms with E-state index in [1.54, 1.807) is 44.4 Å². The molecule has 2 aromatic carbocycles. The first-order chi connectivity index (χ1) is 12.1. The standard InChI is InChI=1S/C19H18N2O4/c1-3-25-19(23)14-6-4-5-7-16(14)21-18(22)17-11-12-10-13(24-2)8-9-15(12)20-17/h4-11,20H,3H2,1-2H3,(H,21,22). The van der Waals surface area contributed by atoms with Crippen LogP contribution in [0.15, 0.2) is 48.5 Å². The van der Waals surface area contributed by atoms with E-state index in [0.29, 0.717) is 22.7 Å². The van der Waals surface area contributed by atoms with Gasteiger partial charge in [-0.3, -0.25) is 4.79 Å². The number of anilines is 1. The van der Waals surface area contributed by atoms with Gasteiger partial charge in [-0.25, -0.2) is 4.79 Å². The van der Waals surface area contributed by atoms with Crippen molar-refractivity contribution in [1.29, 1.82) is 0 Å². The number of rotatable bonds is 5. The number of aromatic nitrogens is 1. The van der Waals surface area contributed by atoms with E-state index in [2.05, 4.69) is 10.3 Å². The Hall–Kier alpha value is -3.28. The van der Waals surface area contributed by atoms with Gasteiger partial charge < -0.3 is 19.8 Å². The number of benzene rings is 2. The molecule has 0 aliphatic carbocycles. The Labute approximate surface area is 144 Å². The fourth-order valence-electron chi connectivity index (χ4n) is 2.53. The van der Waals surface area contributed by atoms with E-state index in [-0.39, 0.29) is 12.5 Å². The molecule has 0 fully saturated rings. The van der Waals surface area contributed by atoms with Gasteiger partial charge >= 0.3 is 5.97 Å². The van der Waals surface area contributed by atoms with Crippen molar-refractivity contribution in [3.63, 3.8) is 0 Å². The molecule has 25 heavy (non-hydrogen) atoms. The van der Waals surface area contributed by atoms with Crippen LogP contribution in [0, 0.1) is 0 Å². The van der Waals surface area contributed by atoms with Gasteiger partial charge in [0.2, 0.25) is 0 Å². The number of ether oxygens (including phenoxy) is 2. The average Bonchev–Trinajstić information content (AvgIpc) is 3.05. The fourth-order valence-corrected chi connectivity index (χ4v) is 2.53. The number of H-pyrrole nitrogens is 1. The van der Waals surface area contributed by atoms with Gasteiger partial charge in [-0.1, -0.05) is 12.1 Å². The number of carbonyl (C=O) groups is 2. The lowest BCUT2D eigenvalue weighted by Gasteiger charge is -2.09. The molecule has 0 radical (unpaired) electrons. The number of carbonyl (C=O) groups excluding carboxylic acids is 2. The van der Waals surface area contributed by atoms with Crippen LogP contribution in [0.3, 0.4) is 0 Å². The monoisotopic (exact) mass is 338 g/mol. The number of nitrogens with one attached hydrogen (secondary N) is 2. The summed E-state index contributed by atoms with van der Waals surface area (Å²) in [5.41, 5.74) is 1.93. The highest BCUT2D eigenvalue weighted by Crippen LogP contribution is 2.23. The molecular weight excluding hydrogens is 320 g/mol. The first-order valence-corrected chi connectivity index (χ1v) is 7.86. The maximum absolute atomic E-state index is 12.5. The van der Waals surface area contributed by atoms with Crippen LogP contribution in [-0.4, -0.2) is 30.6 Å². The summed E-state index contributed by atoms with van der Waals surface area (Å²) in [4.78, 5) is 27.6. The molecule has 0 unspecified atom stereocenters. The van der Waals surface area contributed by atoms with Gasteiger partial charge in [-0.05, 0) is 43.3 Å². The predicted molar refractivity (Wildman–Crippen MR) is 95.2 cm³/mol. The Morgan fingerprint density at radius 2 is 1.92 bits per heavy atom. The number of methoxy groups -OCH3 is 1. The summed E-state index contributed by atoms with van der Waals surface area (Å²) in [7, 11) is 1.59. The molecule has 0 aliphatic rings. The van der Waals surface area contributed by atoms with Crippen molar-refractivity contribution in [1.82, 2.24) is 4.98 Å². The summed E-state index contributed by atoms with van der Waals surface area (Å²) in [6, 6.07) is 14.0. The second-order valence-electron chi connectivity index (χ2n) is 5.36. The smallest absolute Gasteiger partial charge is 0.340 e. The zero-order chi connectivity index (χ0) is 17.8. The van der Waals surface area contributed by atoms with E-state index in [4.69, 9.17) is 9.47 Å². The quantitative estimate of drug-likeness (QED) is 0.697. The van der Waals surface area contributed by atoms with E-state index >= 15 is 0 Å². The zero-order valence-electron chi connectivity index (χ0n) is 14.0. The first-order valence-electron chi connectivity index (χ1n) is 7.86. The molecule has 1 heterocycles. The van der Waals surface area contributed by atoms with Crippen molar-refractivity contribution in [3.05, 3.63) is 59.8 Å². The van der Waals surface area contributed by atoms with Crippen molar-refractivity contribution < 1.29 is 19.1 Å². The maximum atomic E-state index is 12.5. The van der Waals surface area contributed by atoms with Gasteiger partial charge in [0, 0.05) is 10.9 Å². The minimum atomic E-state index is -0.472. The van der Waals surface area contributed by atoms with E-state index in [1.807, 2.05) is 18.2 Å². The summed E-state index contributed by atoms with van der Waals surface area (Å²) < 4.78 is 10.2. The topological polar surface area (TPSA) is 80.4 Å². The summed E-state index contributed by atoms with van der Waals surface area (Å²) >= 11 is 0. The molecule has 1 amide bonds. The highest BCUT2D eigenvalue weighted by molar-refractivity contribution is 6.09. The van der Waals surface area contributed by atoms with Crippen LogP contribution in [0.5, 0.6) is 5.75 Å². The lowest BCUT2D eigenvalue weighted by atomic mass is 10.1. The predicted octanol–water partition coefficient (Wildman–Crippen LogP) is 3.61. The molecule has 3 aromatic rings. The van der Waals surface area contributed by atoms with Crippen molar-refractivity contribution in [2.75, 3.05) is 19.0 Å². The molecule has 0 saturated carbocycles. The second kappa shape index (κ2) is 7.09. The third-order valence-corrected chi connectivity index (χ3v) is 3.74. The number of hydrogen-bond acceptors (Lipinski definition) is 4. The molecule has 6 heteroatoms. The van der Waals surface area contributed by atoms with Gasteiger partial charge in [0.15, 0.2) is 0 Å². The minimum absolute atomic E-state index is 0.269. The summed E-state index contributed by atoms with van der Waals surface area (Å²) in [6.07, 6.45) is 0. The largest absolute Gasteiger partial charge is 0.497 e. The number of hydrogen-bond donors (Lipinski definition) is 2. The molecule has 0 bridgehead atoms. The van der Waals surface area contributed by atoms with E-state index in [0.717, 1.165) is 10.9 Å². The minimum Gasteiger partial charge on any atom is -0.497 e. The van der Waals surface area contributed by atoms with Crippen LogP contribution >= 0.6 is 0 Å². The number of amides is 1. The molecule has 0 atom stereocenters. The number of aromatic amines is 1. The Kier molecular flexibility index (Phi) is 4.70. The average molecular weight is 338 g/mol. The SMILES string of the molecule is CCOC(=O)c1ccccc1NC(=O)c1cc2cc(OC)ccc2[nH]1. The number of fused-ring (bicyclic) bond motifs is 1. The Balaban J connectivity index is 1.86. The normalized spacial score (nSPS) is 10.5. The van der Waals surface area contributed by atoms with E-state index in [9.17, 15) is 9.59 Å². The van der Waals surface area contributed by atoms with Gasteiger partial charge in [0.05, 0.1) is 25.0 Å². The van der Waals surface area contributed by atoms with E-state index in [1.165, 1.54) is 0 Å². The van der Waals surface area contributed by atoms with Crippen LogP contribution in [-0.2, 0) is 4.74 Å². The van der Waals surface area contributed by atoms with Crippen LogP contribution < -0.4 is 10.1 Å². The summed E-state index contributed by atoms with van der Waals surface area (Å²) in [5, 5.41) is 3.62. The third kappa shape index (κ3) is 3.47. The number of para-hydroxylation sites is 1. The molecule has 0 aliphatic heterocycles. The van der Waals surface area contributed by atoms with Gasteiger partial charge in [0.25, 0.3) is 5.91 Å². The highest BCUT2D eigenvalue weighted by atomic mass is 16.5. The Morgan fingerprint density at radius 1 is 1.12 bits per heavy atom. The molecule has 1 aromatic heterocycles. The Bertz CT molecular complexity index is 930. The van der Waals surface area contributed by atoms with Crippen LogP contribution in [0.2, 0.25) is 0 Å².